The zero-order valence-electron chi connectivity index (χ0n) is 16.0. The first kappa shape index (κ1) is 21.7. The molecule has 1 aliphatic rings. The molecule has 0 spiro atoms. The van der Waals surface area contributed by atoms with E-state index in [4.69, 9.17) is 0 Å². The first-order valence-corrected chi connectivity index (χ1v) is 12.0. The van der Waals surface area contributed by atoms with E-state index in [0.717, 1.165) is 24.8 Å². The van der Waals surface area contributed by atoms with Crippen molar-refractivity contribution in [3.63, 3.8) is 0 Å². The van der Waals surface area contributed by atoms with Crippen molar-refractivity contribution in [2.24, 2.45) is 0 Å². The van der Waals surface area contributed by atoms with Crippen molar-refractivity contribution in [3.05, 3.63) is 54.0 Å². The van der Waals surface area contributed by atoms with Gasteiger partial charge in [-0.3, -0.25) is 4.79 Å². The number of rotatable bonds is 8. The third kappa shape index (κ3) is 6.25. The van der Waals surface area contributed by atoms with Gasteiger partial charge in [0.05, 0.1) is 10.8 Å². The zero-order valence-corrected chi connectivity index (χ0v) is 17.6. The molecule has 1 aliphatic heterocycles. The predicted octanol–water partition coefficient (Wildman–Crippen LogP) is 2.85. The number of sulfonamides is 1. The second-order valence-corrected chi connectivity index (χ2v) is 9.75. The molecule has 1 amide bonds. The molecule has 0 radical (unpaired) electrons. The third-order valence-electron chi connectivity index (χ3n) is 4.66. The molecule has 2 aromatic rings. The summed E-state index contributed by atoms with van der Waals surface area (Å²) in [5, 5.41) is 3.40. The summed E-state index contributed by atoms with van der Waals surface area (Å²) in [6.07, 6.45) is 4.82. The number of nitrogens with zero attached hydrogens (tertiary/aromatic N) is 2. The van der Waals surface area contributed by atoms with E-state index in [0.29, 0.717) is 31.1 Å². The van der Waals surface area contributed by atoms with E-state index in [1.807, 2.05) is 0 Å². The molecule has 0 bridgehead atoms. The summed E-state index contributed by atoms with van der Waals surface area (Å²) in [4.78, 5) is 16.3. The number of aromatic nitrogens is 1. The van der Waals surface area contributed by atoms with Gasteiger partial charge >= 0.3 is 0 Å². The van der Waals surface area contributed by atoms with Crippen LogP contribution in [0.1, 0.15) is 24.8 Å². The van der Waals surface area contributed by atoms with Gasteiger partial charge in [0.15, 0.2) is 0 Å². The molecular weight excluding hydrogens is 413 g/mol. The first-order valence-electron chi connectivity index (χ1n) is 9.55. The molecular formula is C20H24FN3O3S2. The topological polar surface area (TPSA) is 79.4 Å². The van der Waals surface area contributed by atoms with Crippen LogP contribution in [0.5, 0.6) is 0 Å². The van der Waals surface area contributed by atoms with Crippen LogP contribution in [0, 0.1) is 5.82 Å². The van der Waals surface area contributed by atoms with Crippen molar-refractivity contribution in [2.45, 2.75) is 35.6 Å². The van der Waals surface area contributed by atoms with Crippen LogP contribution in [-0.4, -0.2) is 49.0 Å². The van der Waals surface area contributed by atoms with Crippen LogP contribution in [0.2, 0.25) is 0 Å². The molecule has 156 valence electrons. The second-order valence-electron chi connectivity index (χ2n) is 6.81. The molecule has 1 aromatic heterocycles. The maximum Gasteiger partial charge on any atom is 0.244 e. The largest absolute Gasteiger partial charge is 0.355 e. The highest BCUT2D eigenvalue weighted by Gasteiger charge is 2.26. The molecule has 1 aromatic carbocycles. The fourth-order valence-corrected chi connectivity index (χ4v) is 5.18. The lowest BCUT2D eigenvalue weighted by molar-refractivity contribution is -0.118. The lowest BCUT2D eigenvalue weighted by Gasteiger charge is -2.25. The lowest BCUT2D eigenvalue weighted by atomic mass is 10.1. The van der Waals surface area contributed by atoms with E-state index >= 15 is 0 Å². The molecule has 1 saturated heterocycles. The number of piperidine rings is 1. The minimum atomic E-state index is -3.49. The Morgan fingerprint density at radius 1 is 1.10 bits per heavy atom. The fourth-order valence-electron chi connectivity index (χ4n) is 3.05. The second kappa shape index (κ2) is 10.2. The molecule has 9 heteroatoms. The summed E-state index contributed by atoms with van der Waals surface area (Å²) in [6.45, 7) is 1.57. The molecule has 3 rings (SSSR count). The van der Waals surface area contributed by atoms with Gasteiger partial charge in [0.2, 0.25) is 15.9 Å². The number of amides is 1. The molecule has 0 saturated carbocycles. The van der Waals surface area contributed by atoms with Crippen LogP contribution < -0.4 is 5.32 Å². The lowest BCUT2D eigenvalue weighted by Crippen LogP contribution is -2.35. The number of thioether (sulfide) groups is 1. The number of carbonyl (C=O) groups excluding carboxylic acids is 1. The summed E-state index contributed by atoms with van der Waals surface area (Å²) in [7, 11) is -3.49. The molecule has 6 nitrogen and oxygen atoms in total. The minimum Gasteiger partial charge on any atom is -0.355 e. The number of halogens is 1. The summed E-state index contributed by atoms with van der Waals surface area (Å²) in [5.74, 6) is -0.227. The van der Waals surface area contributed by atoms with Crippen molar-refractivity contribution < 1.29 is 17.6 Å². The van der Waals surface area contributed by atoms with Crippen molar-refractivity contribution in [1.82, 2.24) is 14.6 Å². The van der Waals surface area contributed by atoms with Crippen LogP contribution in [0.15, 0.2) is 52.5 Å². The van der Waals surface area contributed by atoms with Crippen molar-refractivity contribution in [2.75, 3.05) is 25.4 Å². The molecule has 1 fully saturated rings. The number of carbonyl (C=O) groups is 1. The molecule has 0 aliphatic carbocycles. The smallest absolute Gasteiger partial charge is 0.244 e. The Hall–Kier alpha value is -1.97. The highest BCUT2D eigenvalue weighted by atomic mass is 32.2. The van der Waals surface area contributed by atoms with Crippen LogP contribution >= 0.6 is 11.8 Å². The van der Waals surface area contributed by atoms with Gasteiger partial charge in [-0.05, 0) is 49.1 Å². The quantitative estimate of drug-likeness (QED) is 0.643. The number of pyridine rings is 1. The van der Waals surface area contributed by atoms with E-state index in [2.05, 4.69) is 10.3 Å². The Morgan fingerprint density at radius 2 is 1.83 bits per heavy atom. The van der Waals surface area contributed by atoms with Crippen molar-refractivity contribution in [1.29, 1.82) is 0 Å². The van der Waals surface area contributed by atoms with Crippen LogP contribution in [-0.2, 0) is 21.2 Å². The van der Waals surface area contributed by atoms with Crippen LogP contribution in [0.3, 0.4) is 0 Å². The maximum absolute atomic E-state index is 12.9. The average molecular weight is 438 g/mol. The number of benzene rings is 1. The van der Waals surface area contributed by atoms with E-state index in [9.17, 15) is 17.6 Å². The van der Waals surface area contributed by atoms with Gasteiger partial charge in [-0.25, -0.2) is 17.8 Å². The summed E-state index contributed by atoms with van der Waals surface area (Å²) >= 11 is 1.25. The molecule has 0 unspecified atom stereocenters. The minimum absolute atomic E-state index is 0.135. The Morgan fingerprint density at radius 3 is 2.48 bits per heavy atom. The van der Waals surface area contributed by atoms with Gasteiger partial charge < -0.3 is 5.32 Å². The number of nitrogens with one attached hydrogen (secondary N) is 1. The van der Waals surface area contributed by atoms with Gasteiger partial charge in [0.1, 0.15) is 10.7 Å². The van der Waals surface area contributed by atoms with Crippen molar-refractivity contribution in [3.8, 4) is 0 Å². The number of hydrogen-bond donors (Lipinski definition) is 1. The van der Waals surface area contributed by atoms with Gasteiger partial charge in [0.25, 0.3) is 0 Å². The highest BCUT2D eigenvalue weighted by molar-refractivity contribution is 7.99. The van der Waals surface area contributed by atoms with Gasteiger partial charge in [-0.1, -0.05) is 30.3 Å². The third-order valence-corrected chi connectivity index (χ3v) is 7.49. The highest BCUT2D eigenvalue weighted by Crippen LogP contribution is 2.22. The molecule has 0 atom stereocenters. The predicted molar refractivity (Wildman–Crippen MR) is 111 cm³/mol. The van der Waals surface area contributed by atoms with Gasteiger partial charge in [-0.2, -0.15) is 4.31 Å². The van der Waals surface area contributed by atoms with Crippen LogP contribution in [0.25, 0.3) is 0 Å². The molecule has 2 heterocycles. The Balaban J connectivity index is 1.44. The van der Waals surface area contributed by atoms with E-state index < -0.39 is 10.0 Å². The SMILES string of the molecule is O=C(CSc1ccc(S(=O)(=O)N2CCCCC2)cn1)NCCc1ccc(F)cc1. The number of hydrogen-bond acceptors (Lipinski definition) is 5. The van der Waals surface area contributed by atoms with Gasteiger partial charge in [-0.15, -0.1) is 0 Å². The normalized spacial score (nSPS) is 15.2. The first-order chi connectivity index (χ1) is 13.9. The summed E-state index contributed by atoms with van der Waals surface area (Å²) < 4.78 is 39.6. The molecule has 1 N–H and O–H groups in total. The summed E-state index contributed by atoms with van der Waals surface area (Å²) in [5.41, 5.74) is 0.950. The Kier molecular flexibility index (Phi) is 7.63. The summed E-state index contributed by atoms with van der Waals surface area (Å²) in [6, 6.07) is 9.36. The Bertz CT molecular complexity index is 913. The maximum atomic E-state index is 12.9. The fraction of sp³-hybridized carbons (Fsp3) is 0.400. The van der Waals surface area contributed by atoms with E-state index in [1.54, 1.807) is 24.3 Å². The standard InChI is InChI=1S/C20H24FN3O3S2/c21-17-6-4-16(5-7-17)10-11-22-19(25)15-28-20-9-8-18(14-23-20)29(26,27)24-12-2-1-3-13-24/h4-9,14H,1-3,10-13,15H2,(H,22,25). The zero-order chi connectivity index (χ0) is 20.7. The Labute approximate surface area is 175 Å². The van der Waals surface area contributed by atoms with Crippen molar-refractivity contribution >= 4 is 27.7 Å². The van der Waals surface area contributed by atoms with E-state index in [1.165, 1.54) is 34.4 Å². The van der Waals surface area contributed by atoms with Crippen LogP contribution in [0.4, 0.5) is 4.39 Å². The van der Waals surface area contributed by atoms with Gasteiger partial charge in [0, 0.05) is 25.8 Å². The van der Waals surface area contributed by atoms with E-state index in [-0.39, 0.29) is 22.4 Å². The molecule has 29 heavy (non-hydrogen) atoms. The monoisotopic (exact) mass is 437 g/mol. The average Bonchev–Trinajstić information content (AvgIpc) is 2.74.